The molecule has 8 nitrogen and oxygen atoms in total. The number of ether oxygens (including phenoxy) is 2. The van der Waals surface area contributed by atoms with Gasteiger partial charge in [-0.25, -0.2) is 4.98 Å². The molecule has 1 aliphatic rings. The van der Waals surface area contributed by atoms with Gasteiger partial charge in [-0.05, 0) is 30.3 Å². The van der Waals surface area contributed by atoms with Crippen LogP contribution in [0, 0.1) is 11.3 Å². The number of nitrogens with one attached hydrogen (secondary N) is 1. The van der Waals surface area contributed by atoms with Gasteiger partial charge in [-0.3, -0.25) is 14.5 Å². The summed E-state index contributed by atoms with van der Waals surface area (Å²) in [6.07, 6.45) is 1.39. The van der Waals surface area contributed by atoms with Crippen LogP contribution < -0.4 is 19.7 Å². The minimum absolute atomic E-state index is 0.120. The summed E-state index contributed by atoms with van der Waals surface area (Å²) in [6.45, 7) is 2.35. The summed E-state index contributed by atoms with van der Waals surface area (Å²) in [5.41, 5.74) is 1.44. The molecule has 2 aromatic carbocycles. The van der Waals surface area contributed by atoms with Crippen LogP contribution >= 0.6 is 11.3 Å². The summed E-state index contributed by atoms with van der Waals surface area (Å²) in [6, 6.07) is 16.0. The Kier molecular flexibility index (Phi) is 6.14. The lowest BCUT2D eigenvalue weighted by Crippen LogP contribution is -2.22. The van der Waals surface area contributed by atoms with Crippen molar-refractivity contribution >= 4 is 45.7 Å². The van der Waals surface area contributed by atoms with E-state index in [9.17, 15) is 14.9 Å². The van der Waals surface area contributed by atoms with Gasteiger partial charge in [-0.15, -0.1) is 11.3 Å². The Morgan fingerprint density at radius 1 is 1.16 bits per heavy atom. The second-order valence-electron chi connectivity index (χ2n) is 6.73. The first-order chi connectivity index (χ1) is 15.5. The number of thiazole rings is 1. The Hall–Kier alpha value is -4.16. The number of benzene rings is 2. The van der Waals surface area contributed by atoms with Gasteiger partial charge in [-0.1, -0.05) is 18.2 Å². The monoisotopic (exact) mass is 446 g/mol. The normalized spacial score (nSPS) is 12.6. The van der Waals surface area contributed by atoms with Crippen LogP contribution in [0.4, 0.5) is 16.5 Å². The van der Waals surface area contributed by atoms with Crippen LogP contribution in [-0.2, 0) is 9.59 Å². The van der Waals surface area contributed by atoms with Crippen molar-refractivity contribution in [2.45, 2.75) is 6.92 Å². The molecule has 0 unspecified atom stereocenters. The van der Waals surface area contributed by atoms with Gasteiger partial charge >= 0.3 is 0 Å². The average molecular weight is 446 g/mol. The lowest BCUT2D eigenvalue weighted by atomic mass is 10.2. The first-order valence-corrected chi connectivity index (χ1v) is 10.6. The van der Waals surface area contributed by atoms with Gasteiger partial charge in [0, 0.05) is 24.1 Å². The number of fused-ring (bicyclic) bond motifs is 1. The molecule has 3 aromatic rings. The molecular formula is C23H18N4O4S. The van der Waals surface area contributed by atoms with E-state index in [1.54, 1.807) is 35.7 Å². The lowest BCUT2D eigenvalue weighted by molar-refractivity contribution is -0.116. The maximum Gasteiger partial charge on any atom is 0.266 e. The maximum absolute atomic E-state index is 12.6. The Morgan fingerprint density at radius 2 is 1.91 bits per heavy atom. The Morgan fingerprint density at radius 3 is 2.62 bits per heavy atom. The number of carbonyl (C=O) groups is 2. The van der Waals surface area contributed by atoms with E-state index in [0.717, 1.165) is 0 Å². The van der Waals surface area contributed by atoms with Gasteiger partial charge < -0.3 is 14.8 Å². The second kappa shape index (κ2) is 9.32. The maximum atomic E-state index is 12.6. The smallest absolute Gasteiger partial charge is 0.266 e. The number of rotatable bonds is 5. The predicted octanol–water partition coefficient (Wildman–Crippen LogP) is 4.14. The summed E-state index contributed by atoms with van der Waals surface area (Å²) in [7, 11) is 0. The molecule has 2 amide bonds. The summed E-state index contributed by atoms with van der Waals surface area (Å²) < 4.78 is 11.0. The molecule has 0 atom stereocenters. The number of amides is 2. The Labute approximate surface area is 188 Å². The SMILES string of the molecule is CC(=O)N(c1ccccc1)c1nc(/C=C(\C#N)C(=O)Nc2ccc3c(c2)OCCO3)cs1. The van der Waals surface area contributed by atoms with Crippen LogP contribution in [0.3, 0.4) is 0 Å². The summed E-state index contributed by atoms with van der Waals surface area (Å²) in [5.74, 6) is 0.364. The van der Waals surface area contributed by atoms with E-state index < -0.39 is 5.91 Å². The fourth-order valence-electron chi connectivity index (χ4n) is 3.07. The van der Waals surface area contributed by atoms with Crippen LogP contribution in [0.15, 0.2) is 59.5 Å². The minimum Gasteiger partial charge on any atom is -0.486 e. The van der Waals surface area contributed by atoms with E-state index in [1.807, 2.05) is 24.3 Å². The molecule has 0 radical (unpaired) electrons. The van der Waals surface area contributed by atoms with Crippen LogP contribution in [0.5, 0.6) is 11.5 Å². The van der Waals surface area contributed by atoms with Crippen LogP contribution in [0.1, 0.15) is 12.6 Å². The average Bonchev–Trinajstić information content (AvgIpc) is 3.25. The van der Waals surface area contributed by atoms with Gasteiger partial charge in [0.1, 0.15) is 24.9 Å². The molecular weight excluding hydrogens is 428 g/mol. The lowest BCUT2D eigenvalue weighted by Gasteiger charge is -2.18. The highest BCUT2D eigenvalue weighted by Gasteiger charge is 2.19. The van der Waals surface area contributed by atoms with E-state index in [2.05, 4.69) is 10.3 Å². The molecule has 2 heterocycles. The summed E-state index contributed by atoms with van der Waals surface area (Å²) in [4.78, 5) is 30.7. The molecule has 0 bridgehead atoms. The van der Waals surface area contributed by atoms with Crippen molar-refractivity contribution in [2.24, 2.45) is 0 Å². The molecule has 0 saturated heterocycles. The number of hydrogen-bond donors (Lipinski definition) is 1. The molecule has 0 fully saturated rings. The third-order valence-corrected chi connectivity index (χ3v) is 5.33. The van der Waals surface area contributed by atoms with E-state index in [-0.39, 0.29) is 11.5 Å². The van der Waals surface area contributed by atoms with Crippen molar-refractivity contribution in [1.29, 1.82) is 5.26 Å². The molecule has 9 heteroatoms. The molecule has 1 aliphatic heterocycles. The standard InChI is InChI=1S/C23H18N4O4S/c1-15(28)27(19-5-3-2-4-6-19)23-26-18(14-32-23)11-16(13-24)22(29)25-17-7-8-20-21(12-17)31-10-9-30-20/h2-8,11-12,14H,9-10H2,1H3,(H,25,29)/b16-11+. The number of aromatic nitrogens is 1. The molecule has 0 spiro atoms. The van der Waals surface area contributed by atoms with Crippen LogP contribution in [0.25, 0.3) is 6.08 Å². The first-order valence-electron chi connectivity index (χ1n) is 9.69. The number of carbonyl (C=O) groups excluding carboxylic acids is 2. The number of hydrogen-bond acceptors (Lipinski definition) is 7. The third kappa shape index (κ3) is 4.61. The Balaban J connectivity index is 1.53. The molecule has 0 aliphatic carbocycles. The first kappa shape index (κ1) is 21.1. The molecule has 1 N–H and O–H groups in total. The molecule has 1 aromatic heterocycles. The van der Waals surface area contributed by atoms with Crippen molar-refractivity contribution < 1.29 is 19.1 Å². The zero-order chi connectivity index (χ0) is 22.5. The summed E-state index contributed by atoms with van der Waals surface area (Å²) >= 11 is 1.24. The van der Waals surface area contributed by atoms with Gasteiger partial charge in [-0.2, -0.15) is 5.26 Å². The fraction of sp³-hybridized carbons (Fsp3) is 0.130. The quantitative estimate of drug-likeness (QED) is 0.466. The zero-order valence-corrected chi connectivity index (χ0v) is 17.9. The predicted molar refractivity (Wildman–Crippen MR) is 121 cm³/mol. The number of nitrogens with zero attached hydrogens (tertiary/aromatic N) is 3. The van der Waals surface area contributed by atoms with Crippen LogP contribution in [-0.4, -0.2) is 30.0 Å². The highest BCUT2D eigenvalue weighted by Crippen LogP contribution is 2.33. The highest BCUT2D eigenvalue weighted by molar-refractivity contribution is 7.14. The second-order valence-corrected chi connectivity index (χ2v) is 7.56. The topological polar surface area (TPSA) is 105 Å². The Bertz CT molecular complexity index is 1230. The van der Waals surface area contributed by atoms with Gasteiger partial charge in [0.25, 0.3) is 5.91 Å². The van der Waals surface area contributed by atoms with E-state index in [4.69, 9.17) is 9.47 Å². The summed E-state index contributed by atoms with van der Waals surface area (Å²) in [5, 5.41) is 14.3. The molecule has 0 saturated carbocycles. The third-order valence-electron chi connectivity index (χ3n) is 4.49. The highest BCUT2D eigenvalue weighted by atomic mass is 32.1. The fourth-order valence-corrected chi connectivity index (χ4v) is 3.91. The molecule has 160 valence electrons. The van der Waals surface area contributed by atoms with Gasteiger partial charge in [0.2, 0.25) is 5.91 Å². The van der Waals surface area contributed by atoms with Crippen molar-refractivity contribution in [3.8, 4) is 17.6 Å². The van der Waals surface area contributed by atoms with Crippen molar-refractivity contribution in [1.82, 2.24) is 4.98 Å². The number of nitriles is 1. The van der Waals surface area contributed by atoms with Crippen molar-refractivity contribution in [3.63, 3.8) is 0 Å². The van der Waals surface area contributed by atoms with Gasteiger partial charge in [0.15, 0.2) is 16.6 Å². The molecule has 4 rings (SSSR count). The number of anilines is 3. The van der Waals surface area contributed by atoms with E-state index in [0.29, 0.717) is 46.9 Å². The largest absolute Gasteiger partial charge is 0.486 e. The van der Waals surface area contributed by atoms with Gasteiger partial charge in [0.05, 0.1) is 11.4 Å². The van der Waals surface area contributed by atoms with E-state index >= 15 is 0 Å². The van der Waals surface area contributed by atoms with Crippen molar-refractivity contribution in [2.75, 3.05) is 23.4 Å². The minimum atomic E-state index is -0.579. The number of para-hydroxylation sites is 1. The molecule has 32 heavy (non-hydrogen) atoms. The van der Waals surface area contributed by atoms with Crippen molar-refractivity contribution in [3.05, 3.63) is 65.2 Å². The zero-order valence-electron chi connectivity index (χ0n) is 17.1. The van der Waals surface area contributed by atoms with E-state index in [1.165, 1.54) is 29.2 Å². The van der Waals surface area contributed by atoms with Crippen LogP contribution in [0.2, 0.25) is 0 Å².